The van der Waals surface area contributed by atoms with Crippen LogP contribution in [0.2, 0.25) is 0 Å². The normalized spacial score (nSPS) is 12.4. The van der Waals surface area contributed by atoms with E-state index in [9.17, 15) is 0 Å². The fourth-order valence-electron chi connectivity index (χ4n) is 3.33. The van der Waals surface area contributed by atoms with Gasteiger partial charge in [-0.25, -0.2) is 15.0 Å². The number of ether oxygens (including phenoxy) is 2. The summed E-state index contributed by atoms with van der Waals surface area (Å²) in [7, 11) is 1.49. The van der Waals surface area contributed by atoms with Gasteiger partial charge < -0.3 is 20.5 Å². The molecule has 9 nitrogen and oxygen atoms in total. The molecule has 3 N–H and O–H groups in total. The van der Waals surface area contributed by atoms with E-state index in [0.717, 1.165) is 33.6 Å². The van der Waals surface area contributed by atoms with Gasteiger partial charge in [0, 0.05) is 23.9 Å². The Morgan fingerprint density at radius 3 is 2.62 bits per heavy atom. The number of aryl methyl sites for hydroxylation is 2. The molecule has 0 aliphatic rings. The largest absolute Gasteiger partial charge is 0.455 e. The third kappa shape index (κ3) is 5.16. The lowest BCUT2D eigenvalue weighted by Crippen LogP contribution is -2.28. The number of hydrogen-bond acceptors (Lipinski definition) is 8. The first-order valence-corrected chi connectivity index (χ1v) is 10.5. The second kappa shape index (κ2) is 10.1. The van der Waals surface area contributed by atoms with Gasteiger partial charge in [-0.05, 0) is 74.7 Å². The molecule has 0 bridgehead atoms. The van der Waals surface area contributed by atoms with Crippen molar-refractivity contribution in [2.45, 2.75) is 20.1 Å². The molecule has 0 aliphatic heterocycles. The van der Waals surface area contributed by atoms with Gasteiger partial charge >= 0.3 is 0 Å². The number of hydrogen-bond donors (Lipinski definition) is 2. The highest BCUT2D eigenvalue weighted by Gasteiger charge is 2.11. The van der Waals surface area contributed by atoms with E-state index >= 15 is 0 Å². The molecule has 4 rings (SSSR count). The number of rotatable bonds is 8. The minimum atomic E-state index is -0.709. The van der Waals surface area contributed by atoms with E-state index in [2.05, 4.69) is 37.0 Å². The Labute approximate surface area is 197 Å². The van der Waals surface area contributed by atoms with Crippen molar-refractivity contribution in [1.29, 1.82) is 0 Å². The molecule has 2 heterocycles. The van der Waals surface area contributed by atoms with Crippen LogP contribution < -0.4 is 15.8 Å². The fraction of sp³-hybridized carbons (Fsp3) is 0.160. The minimum absolute atomic E-state index is 0.207. The molecule has 0 amide bonds. The molecule has 0 saturated heterocycles. The average molecular weight is 456 g/mol. The van der Waals surface area contributed by atoms with Crippen molar-refractivity contribution >= 4 is 40.6 Å². The summed E-state index contributed by atoms with van der Waals surface area (Å²) in [4.78, 5) is 21.2. The highest BCUT2D eigenvalue weighted by Crippen LogP contribution is 2.31. The zero-order chi connectivity index (χ0) is 24.1. The van der Waals surface area contributed by atoms with Crippen LogP contribution >= 0.6 is 0 Å². The number of aromatic nitrogens is 3. The summed E-state index contributed by atoms with van der Waals surface area (Å²) in [5.74, 6) is 2.28. The maximum Gasteiger partial charge on any atom is 0.204 e. The molecule has 0 aliphatic carbocycles. The lowest BCUT2D eigenvalue weighted by molar-refractivity contribution is 0.163. The maximum absolute atomic E-state index is 6.00. The summed E-state index contributed by atoms with van der Waals surface area (Å²) >= 11 is 0. The van der Waals surface area contributed by atoms with Crippen LogP contribution in [0.3, 0.4) is 0 Å². The number of nitrogens with one attached hydrogen (secondary N) is 1. The number of aliphatic imine (C=N–C) groups is 2. The minimum Gasteiger partial charge on any atom is -0.455 e. The van der Waals surface area contributed by atoms with Crippen molar-refractivity contribution in [2.24, 2.45) is 15.7 Å². The Morgan fingerprint density at radius 2 is 1.91 bits per heavy atom. The molecule has 2 aromatic carbocycles. The Balaban J connectivity index is 1.60. The van der Waals surface area contributed by atoms with Crippen LogP contribution in [0.15, 0.2) is 71.0 Å². The van der Waals surface area contributed by atoms with Crippen LogP contribution in [-0.2, 0) is 4.74 Å². The summed E-state index contributed by atoms with van der Waals surface area (Å²) in [5.41, 5.74) is 10.1. The molecule has 1 atom stereocenters. The highest BCUT2D eigenvalue weighted by atomic mass is 16.5. The molecule has 172 valence electrons. The van der Waals surface area contributed by atoms with Crippen LogP contribution in [0.25, 0.3) is 10.9 Å². The Bertz CT molecular complexity index is 1350. The molecule has 9 heteroatoms. The number of nitrogens with two attached hydrogens (primary N) is 1. The standard InChI is InChI=1S/C25H25N7O2/c1-15-11-17(7-10-22(15)34-19-8-5-16(2)28-13-19)32-24-20-12-18(6-9-21(20)29-14-30-24)31-23(26)25(27-3)33-4/h5-14,25H,3H2,1-2,4H3,(H2,26,31)(H,29,30,32). The van der Waals surface area contributed by atoms with Crippen LogP contribution in [0.1, 0.15) is 11.3 Å². The molecule has 1 unspecified atom stereocenters. The number of anilines is 2. The van der Waals surface area contributed by atoms with E-state index < -0.39 is 6.23 Å². The number of pyridine rings is 1. The maximum atomic E-state index is 6.00. The van der Waals surface area contributed by atoms with Crippen molar-refractivity contribution < 1.29 is 9.47 Å². The van der Waals surface area contributed by atoms with Crippen molar-refractivity contribution in [3.8, 4) is 11.5 Å². The summed E-state index contributed by atoms with van der Waals surface area (Å²) in [6.45, 7) is 7.39. The lowest BCUT2D eigenvalue weighted by atomic mass is 10.1. The van der Waals surface area contributed by atoms with Crippen molar-refractivity contribution in [2.75, 3.05) is 12.4 Å². The molecule has 0 spiro atoms. The Hall–Kier alpha value is -4.37. The number of methoxy groups -OCH3 is 1. The van der Waals surface area contributed by atoms with E-state index in [1.807, 2.05) is 62.4 Å². The second-order valence-electron chi connectivity index (χ2n) is 7.57. The Morgan fingerprint density at radius 1 is 1.06 bits per heavy atom. The molecule has 0 saturated carbocycles. The van der Waals surface area contributed by atoms with E-state index in [1.165, 1.54) is 13.4 Å². The van der Waals surface area contributed by atoms with Crippen molar-refractivity contribution in [3.05, 3.63) is 72.3 Å². The average Bonchev–Trinajstić information content (AvgIpc) is 2.83. The summed E-state index contributed by atoms with van der Waals surface area (Å²) < 4.78 is 11.1. The predicted molar refractivity (Wildman–Crippen MR) is 135 cm³/mol. The zero-order valence-electron chi connectivity index (χ0n) is 19.2. The predicted octanol–water partition coefficient (Wildman–Crippen LogP) is 4.84. The monoisotopic (exact) mass is 455 g/mol. The van der Waals surface area contributed by atoms with Gasteiger partial charge in [0.25, 0.3) is 0 Å². The van der Waals surface area contributed by atoms with E-state index in [0.29, 0.717) is 17.3 Å². The first-order valence-electron chi connectivity index (χ1n) is 10.5. The second-order valence-corrected chi connectivity index (χ2v) is 7.57. The molecular weight excluding hydrogens is 430 g/mol. The van der Waals surface area contributed by atoms with Crippen LogP contribution in [-0.4, -0.2) is 40.8 Å². The van der Waals surface area contributed by atoms with Crippen molar-refractivity contribution in [1.82, 2.24) is 15.0 Å². The van der Waals surface area contributed by atoms with E-state index in [1.54, 1.807) is 6.20 Å². The fourth-order valence-corrected chi connectivity index (χ4v) is 3.33. The van der Waals surface area contributed by atoms with Gasteiger partial charge in [0.2, 0.25) is 6.23 Å². The van der Waals surface area contributed by atoms with Gasteiger partial charge in [-0.3, -0.25) is 9.98 Å². The lowest BCUT2D eigenvalue weighted by Gasteiger charge is -2.13. The zero-order valence-corrected chi connectivity index (χ0v) is 19.2. The molecule has 34 heavy (non-hydrogen) atoms. The van der Waals surface area contributed by atoms with E-state index in [4.69, 9.17) is 15.2 Å². The number of fused-ring (bicyclic) bond motifs is 1. The van der Waals surface area contributed by atoms with Gasteiger partial charge in [0.05, 0.1) is 17.4 Å². The number of amidine groups is 1. The first kappa shape index (κ1) is 22.8. The topological polar surface area (TPSA) is 120 Å². The molecule has 0 fully saturated rings. The van der Waals surface area contributed by atoms with E-state index in [-0.39, 0.29) is 5.84 Å². The number of benzene rings is 2. The van der Waals surface area contributed by atoms with Gasteiger partial charge in [0.1, 0.15) is 23.6 Å². The van der Waals surface area contributed by atoms with Crippen molar-refractivity contribution in [3.63, 3.8) is 0 Å². The summed E-state index contributed by atoms with van der Waals surface area (Å²) in [6.07, 6.45) is 2.51. The van der Waals surface area contributed by atoms with Gasteiger partial charge in [-0.2, -0.15) is 0 Å². The third-order valence-corrected chi connectivity index (χ3v) is 5.07. The summed E-state index contributed by atoms with van der Waals surface area (Å²) in [6, 6.07) is 15.2. The SMILES string of the molecule is C=NC(OC)C(N)=Nc1ccc2ncnc(Nc3ccc(Oc4ccc(C)nc4)c(C)c3)c2c1. The molecule has 0 radical (unpaired) electrons. The Kier molecular flexibility index (Phi) is 6.74. The smallest absolute Gasteiger partial charge is 0.204 e. The molecule has 4 aromatic rings. The third-order valence-electron chi connectivity index (χ3n) is 5.07. The quantitative estimate of drug-likeness (QED) is 0.288. The van der Waals surface area contributed by atoms with Gasteiger partial charge in [0.15, 0.2) is 5.84 Å². The summed E-state index contributed by atoms with van der Waals surface area (Å²) in [5, 5.41) is 4.15. The van der Waals surface area contributed by atoms with Crippen LogP contribution in [0, 0.1) is 13.8 Å². The number of nitrogens with zero attached hydrogens (tertiary/aromatic N) is 5. The van der Waals surface area contributed by atoms with Gasteiger partial charge in [-0.1, -0.05) is 0 Å². The van der Waals surface area contributed by atoms with Crippen LogP contribution in [0.4, 0.5) is 17.2 Å². The molecule has 2 aromatic heterocycles. The highest BCUT2D eigenvalue weighted by molar-refractivity contribution is 5.94. The van der Waals surface area contributed by atoms with Gasteiger partial charge in [-0.15, -0.1) is 0 Å². The van der Waals surface area contributed by atoms with Crippen LogP contribution in [0.5, 0.6) is 11.5 Å². The molecular formula is C25H25N7O2. The first-order chi connectivity index (χ1) is 16.5.